The summed E-state index contributed by atoms with van der Waals surface area (Å²) in [5.41, 5.74) is 0.0408. The Bertz CT molecular complexity index is 482. The maximum Gasteiger partial charge on any atom is 0.319 e. The molecule has 3 amide bonds. The van der Waals surface area contributed by atoms with Crippen LogP contribution in [0, 0.1) is 18.2 Å². The number of terminal acetylenes is 1. The second-order valence-corrected chi connectivity index (χ2v) is 3.27. The second-order valence-electron chi connectivity index (χ2n) is 3.27. The summed E-state index contributed by atoms with van der Waals surface area (Å²) in [6.07, 6.45) is 4.95. The van der Waals surface area contributed by atoms with Crippen LogP contribution in [0.2, 0.25) is 0 Å². The zero-order valence-electron chi connectivity index (χ0n) is 9.50. The summed E-state index contributed by atoms with van der Waals surface area (Å²) < 4.78 is 13.2. The molecule has 0 radical (unpaired) electrons. The van der Waals surface area contributed by atoms with E-state index >= 15 is 0 Å². The van der Waals surface area contributed by atoms with Gasteiger partial charge in [-0.1, -0.05) is 18.1 Å². The van der Waals surface area contributed by atoms with Gasteiger partial charge in [-0.25, -0.2) is 9.18 Å². The summed E-state index contributed by atoms with van der Waals surface area (Å²) in [5, 5.41) is 6.92. The molecule has 0 aromatic heterocycles. The molecule has 0 aliphatic carbocycles. The minimum Gasteiger partial charge on any atom is -0.344 e. The van der Waals surface area contributed by atoms with Crippen LogP contribution in [0.1, 0.15) is 0 Å². The largest absolute Gasteiger partial charge is 0.344 e. The van der Waals surface area contributed by atoms with E-state index in [0.29, 0.717) is 0 Å². The van der Waals surface area contributed by atoms with Crippen molar-refractivity contribution in [2.75, 3.05) is 18.4 Å². The molecule has 18 heavy (non-hydrogen) atoms. The average molecular weight is 249 g/mol. The highest BCUT2D eigenvalue weighted by atomic mass is 19.1. The number of rotatable bonds is 4. The number of anilines is 1. The van der Waals surface area contributed by atoms with Gasteiger partial charge in [-0.2, -0.15) is 0 Å². The van der Waals surface area contributed by atoms with Crippen LogP contribution in [0.25, 0.3) is 0 Å². The third kappa shape index (κ3) is 4.53. The number of hydrogen-bond acceptors (Lipinski definition) is 2. The summed E-state index contributed by atoms with van der Waals surface area (Å²) in [4.78, 5) is 22.4. The number of hydrogen-bond donors (Lipinski definition) is 3. The van der Waals surface area contributed by atoms with Gasteiger partial charge < -0.3 is 16.0 Å². The average Bonchev–Trinajstić information content (AvgIpc) is 2.36. The summed E-state index contributed by atoms with van der Waals surface area (Å²) in [6, 6.07) is 5.04. The van der Waals surface area contributed by atoms with Crippen molar-refractivity contribution < 1.29 is 14.0 Å². The first-order valence-electron chi connectivity index (χ1n) is 5.13. The number of amides is 3. The van der Waals surface area contributed by atoms with Crippen molar-refractivity contribution in [1.29, 1.82) is 0 Å². The van der Waals surface area contributed by atoms with E-state index in [1.165, 1.54) is 18.2 Å². The molecule has 0 atom stereocenters. The lowest BCUT2D eigenvalue weighted by molar-refractivity contribution is -0.119. The fourth-order valence-electron chi connectivity index (χ4n) is 1.10. The van der Waals surface area contributed by atoms with Gasteiger partial charge in [-0.05, 0) is 12.1 Å². The number of urea groups is 1. The van der Waals surface area contributed by atoms with E-state index < -0.39 is 17.8 Å². The molecule has 0 aliphatic heterocycles. The van der Waals surface area contributed by atoms with Crippen LogP contribution >= 0.6 is 0 Å². The molecule has 0 spiro atoms. The van der Waals surface area contributed by atoms with Gasteiger partial charge in [0.15, 0.2) is 0 Å². The van der Waals surface area contributed by atoms with Gasteiger partial charge in [0, 0.05) is 0 Å². The van der Waals surface area contributed by atoms with Crippen LogP contribution in [0.15, 0.2) is 24.3 Å². The van der Waals surface area contributed by atoms with E-state index in [1.54, 1.807) is 6.07 Å². The Labute approximate surface area is 104 Å². The lowest BCUT2D eigenvalue weighted by atomic mass is 10.3. The fraction of sp³-hybridized carbons (Fsp3) is 0.167. The molecule has 0 fully saturated rings. The Balaban J connectivity index is 2.37. The zero-order chi connectivity index (χ0) is 13.4. The third-order valence-electron chi connectivity index (χ3n) is 1.92. The monoisotopic (exact) mass is 249 g/mol. The lowest BCUT2D eigenvalue weighted by Crippen LogP contribution is -2.39. The molecule has 1 rings (SSSR count). The molecule has 3 N–H and O–H groups in total. The van der Waals surface area contributed by atoms with Gasteiger partial charge in [-0.15, -0.1) is 6.42 Å². The maximum absolute atomic E-state index is 13.2. The topological polar surface area (TPSA) is 70.2 Å². The first-order valence-corrected chi connectivity index (χ1v) is 5.13. The van der Waals surface area contributed by atoms with Gasteiger partial charge in [0.05, 0.1) is 18.8 Å². The highest BCUT2D eigenvalue weighted by Gasteiger charge is 2.07. The molecule has 5 nitrogen and oxygen atoms in total. The highest BCUT2D eigenvalue weighted by molar-refractivity contribution is 5.92. The number of nitrogens with one attached hydrogen (secondary N) is 3. The van der Waals surface area contributed by atoms with Crippen molar-refractivity contribution >= 4 is 17.6 Å². The molecule has 0 saturated heterocycles. The zero-order valence-corrected chi connectivity index (χ0v) is 9.50. The molecule has 0 aliphatic rings. The van der Waals surface area contributed by atoms with Crippen LogP contribution in [0.4, 0.5) is 14.9 Å². The van der Waals surface area contributed by atoms with Crippen molar-refractivity contribution in [3.8, 4) is 12.3 Å². The van der Waals surface area contributed by atoms with Crippen molar-refractivity contribution in [3.63, 3.8) is 0 Å². The normalized spacial score (nSPS) is 9.11. The minimum atomic E-state index is -0.670. The molecule has 1 aromatic rings. The predicted molar refractivity (Wildman–Crippen MR) is 65.3 cm³/mol. The van der Waals surface area contributed by atoms with Crippen LogP contribution in [-0.2, 0) is 4.79 Å². The van der Waals surface area contributed by atoms with E-state index in [0.717, 1.165) is 0 Å². The van der Waals surface area contributed by atoms with Gasteiger partial charge in [0.2, 0.25) is 5.91 Å². The molecule has 0 unspecified atom stereocenters. The minimum absolute atomic E-state index is 0.0408. The lowest BCUT2D eigenvalue weighted by Gasteiger charge is -2.07. The van der Waals surface area contributed by atoms with E-state index in [9.17, 15) is 14.0 Å². The third-order valence-corrected chi connectivity index (χ3v) is 1.92. The van der Waals surface area contributed by atoms with Crippen molar-refractivity contribution in [2.45, 2.75) is 0 Å². The Morgan fingerprint density at radius 2 is 2.00 bits per heavy atom. The van der Waals surface area contributed by atoms with Gasteiger partial charge in [-0.3, -0.25) is 4.79 Å². The van der Waals surface area contributed by atoms with Crippen LogP contribution in [0.3, 0.4) is 0 Å². The first kappa shape index (κ1) is 13.5. The highest BCUT2D eigenvalue weighted by Crippen LogP contribution is 2.11. The Morgan fingerprint density at radius 3 is 2.67 bits per heavy atom. The smallest absolute Gasteiger partial charge is 0.319 e. The maximum atomic E-state index is 13.2. The Kier molecular flexibility index (Phi) is 5.19. The number of halogens is 1. The molecule has 0 bridgehead atoms. The van der Waals surface area contributed by atoms with E-state index in [2.05, 4.69) is 21.9 Å². The standard InChI is InChI=1S/C12H12FN3O2/c1-2-7-14-11(17)8-15-12(18)16-10-6-4-3-5-9(10)13/h1,3-6H,7-8H2,(H,14,17)(H2,15,16,18). The number of para-hydroxylation sites is 1. The van der Waals surface area contributed by atoms with Gasteiger partial charge >= 0.3 is 6.03 Å². The summed E-state index contributed by atoms with van der Waals surface area (Å²) >= 11 is 0. The van der Waals surface area contributed by atoms with Crippen LogP contribution < -0.4 is 16.0 Å². The predicted octanol–water partition coefficient (Wildman–Crippen LogP) is 0.697. The van der Waals surface area contributed by atoms with E-state index in [-0.39, 0.29) is 18.8 Å². The Hall–Kier alpha value is -2.55. The summed E-state index contributed by atoms with van der Waals surface area (Å²) in [6.45, 7) is -0.141. The number of benzene rings is 1. The van der Waals surface area contributed by atoms with Crippen molar-refractivity contribution in [2.24, 2.45) is 0 Å². The first-order chi connectivity index (χ1) is 8.63. The summed E-state index contributed by atoms with van der Waals surface area (Å²) in [5.74, 6) is 1.25. The molecular formula is C12H12FN3O2. The number of carbonyl (C=O) groups excluding carboxylic acids is 2. The van der Waals surface area contributed by atoms with Crippen LogP contribution in [-0.4, -0.2) is 25.0 Å². The Morgan fingerprint density at radius 1 is 1.28 bits per heavy atom. The summed E-state index contributed by atoms with van der Waals surface area (Å²) in [7, 11) is 0. The van der Waals surface area contributed by atoms with Crippen molar-refractivity contribution in [3.05, 3.63) is 30.1 Å². The molecule has 6 heteroatoms. The van der Waals surface area contributed by atoms with E-state index in [4.69, 9.17) is 6.42 Å². The molecule has 0 saturated carbocycles. The molecular weight excluding hydrogens is 237 g/mol. The SMILES string of the molecule is C#CCNC(=O)CNC(=O)Nc1ccccc1F. The van der Waals surface area contributed by atoms with Crippen molar-refractivity contribution in [1.82, 2.24) is 10.6 Å². The number of carbonyl (C=O) groups is 2. The van der Waals surface area contributed by atoms with Gasteiger partial charge in [0.1, 0.15) is 5.82 Å². The van der Waals surface area contributed by atoms with Gasteiger partial charge in [0.25, 0.3) is 0 Å². The molecule has 0 heterocycles. The quantitative estimate of drug-likeness (QED) is 0.687. The molecule has 1 aromatic carbocycles. The van der Waals surface area contributed by atoms with E-state index in [1.807, 2.05) is 0 Å². The second kappa shape index (κ2) is 6.91. The fourth-order valence-corrected chi connectivity index (χ4v) is 1.10. The van der Waals surface area contributed by atoms with Crippen LogP contribution in [0.5, 0.6) is 0 Å². The molecule has 94 valence electrons.